The largest absolute Gasteiger partial charge is 0.481 e. The van der Waals surface area contributed by atoms with E-state index in [1.165, 1.54) is 0 Å². The second-order valence-corrected chi connectivity index (χ2v) is 4.24. The Morgan fingerprint density at radius 2 is 1.87 bits per heavy atom. The van der Waals surface area contributed by atoms with Gasteiger partial charge in [-0.3, -0.25) is 9.69 Å². The topological polar surface area (TPSA) is 43.8 Å². The summed E-state index contributed by atoms with van der Waals surface area (Å²) in [6, 6.07) is 0.462. The zero-order valence-electron chi connectivity index (χ0n) is 10.4. The molecule has 4 nitrogen and oxygen atoms in total. The normalized spacial score (nSPS) is 13.5. The van der Waals surface area contributed by atoms with Gasteiger partial charge in [-0.1, -0.05) is 6.92 Å². The number of likely N-dealkylation sites (N-methyl/N-ethyl adjacent to an activating group) is 1. The van der Waals surface area contributed by atoms with E-state index in [1.807, 2.05) is 14.1 Å². The van der Waals surface area contributed by atoms with Crippen LogP contribution in [0, 0.1) is 0 Å². The number of rotatable bonds is 8. The van der Waals surface area contributed by atoms with Crippen LogP contribution in [0.15, 0.2) is 0 Å². The first-order valence-electron chi connectivity index (χ1n) is 5.58. The molecule has 0 saturated heterocycles. The van der Waals surface area contributed by atoms with Crippen LogP contribution in [-0.4, -0.2) is 60.6 Å². The molecule has 0 bridgehead atoms. The summed E-state index contributed by atoms with van der Waals surface area (Å²) in [6.45, 7) is 6.85. The van der Waals surface area contributed by atoms with E-state index < -0.39 is 5.97 Å². The maximum atomic E-state index is 10.5. The number of hydrogen-bond acceptors (Lipinski definition) is 3. The van der Waals surface area contributed by atoms with Crippen molar-refractivity contribution in [3.8, 4) is 0 Å². The summed E-state index contributed by atoms with van der Waals surface area (Å²) in [4.78, 5) is 14.9. The summed E-state index contributed by atoms with van der Waals surface area (Å²) in [5, 5.41) is 8.66. The van der Waals surface area contributed by atoms with Crippen molar-refractivity contribution in [1.82, 2.24) is 9.80 Å². The lowest BCUT2D eigenvalue weighted by molar-refractivity contribution is -0.137. The number of carboxylic acids is 1. The van der Waals surface area contributed by atoms with Gasteiger partial charge in [0.25, 0.3) is 0 Å². The van der Waals surface area contributed by atoms with Crippen molar-refractivity contribution in [3.05, 3.63) is 0 Å². The van der Waals surface area contributed by atoms with E-state index in [4.69, 9.17) is 5.11 Å². The molecule has 0 radical (unpaired) electrons. The van der Waals surface area contributed by atoms with E-state index in [-0.39, 0.29) is 6.42 Å². The molecule has 0 aliphatic rings. The number of hydrogen-bond donors (Lipinski definition) is 1. The van der Waals surface area contributed by atoms with Gasteiger partial charge in [-0.15, -0.1) is 0 Å². The molecule has 0 amide bonds. The molecule has 90 valence electrons. The standard InChI is InChI=1S/C11H24N2O2/c1-5-10(2)13(7-6-11(14)15)9-8-12(3)4/h10H,5-9H2,1-4H3,(H,14,15). The number of nitrogens with zero attached hydrogens (tertiary/aromatic N) is 2. The lowest BCUT2D eigenvalue weighted by Gasteiger charge is -2.28. The highest BCUT2D eigenvalue weighted by atomic mass is 16.4. The lowest BCUT2D eigenvalue weighted by Crippen LogP contribution is -2.39. The summed E-state index contributed by atoms with van der Waals surface area (Å²) in [5.41, 5.74) is 0. The predicted molar refractivity (Wildman–Crippen MR) is 62.1 cm³/mol. The van der Waals surface area contributed by atoms with Gasteiger partial charge in [0, 0.05) is 25.7 Å². The molecule has 0 rings (SSSR count). The van der Waals surface area contributed by atoms with Crippen LogP contribution in [0.5, 0.6) is 0 Å². The minimum Gasteiger partial charge on any atom is -0.481 e. The van der Waals surface area contributed by atoms with Crippen LogP contribution in [0.4, 0.5) is 0 Å². The van der Waals surface area contributed by atoms with Crippen molar-refractivity contribution in [1.29, 1.82) is 0 Å². The van der Waals surface area contributed by atoms with Gasteiger partial charge in [0.2, 0.25) is 0 Å². The molecule has 0 aromatic rings. The highest BCUT2D eigenvalue weighted by molar-refractivity contribution is 5.66. The first kappa shape index (κ1) is 14.4. The van der Waals surface area contributed by atoms with Crippen molar-refractivity contribution < 1.29 is 9.90 Å². The van der Waals surface area contributed by atoms with E-state index in [1.54, 1.807) is 0 Å². The number of carboxylic acid groups (broad SMARTS) is 1. The zero-order valence-corrected chi connectivity index (χ0v) is 10.4. The Hall–Kier alpha value is -0.610. The zero-order chi connectivity index (χ0) is 11.8. The minimum absolute atomic E-state index is 0.234. The van der Waals surface area contributed by atoms with E-state index in [0.29, 0.717) is 12.6 Å². The summed E-state index contributed by atoms with van der Waals surface area (Å²) < 4.78 is 0. The Balaban J connectivity index is 4.00. The quantitative estimate of drug-likeness (QED) is 0.660. The molecule has 0 aliphatic heterocycles. The molecule has 0 aromatic carbocycles. The Morgan fingerprint density at radius 1 is 1.27 bits per heavy atom. The molecule has 1 atom stereocenters. The summed E-state index contributed by atoms with van der Waals surface area (Å²) in [5.74, 6) is -0.715. The predicted octanol–water partition coefficient (Wildman–Crippen LogP) is 1.12. The van der Waals surface area contributed by atoms with Crippen LogP contribution < -0.4 is 0 Å². The van der Waals surface area contributed by atoms with E-state index in [9.17, 15) is 4.79 Å². The van der Waals surface area contributed by atoms with Crippen molar-refractivity contribution in [2.24, 2.45) is 0 Å². The second-order valence-electron chi connectivity index (χ2n) is 4.24. The monoisotopic (exact) mass is 216 g/mol. The van der Waals surface area contributed by atoms with Gasteiger partial charge < -0.3 is 10.0 Å². The third-order valence-corrected chi connectivity index (χ3v) is 2.66. The number of aliphatic carboxylic acids is 1. The lowest BCUT2D eigenvalue weighted by atomic mass is 10.2. The van der Waals surface area contributed by atoms with Crippen LogP contribution >= 0.6 is 0 Å². The summed E-state index contributed by atoms with van der Waals surface area (Å²) in [6.07, 6.45) is 1.30. The van der Waals surface area contributed by atoms with Gasteiger partial charge >= 0.3 is 5.97 Å². The SMILES string of the molecule is CCC(C)N(CCC(=O)O)CCN(C)C. The first-order valence-corrected chi connectivity index (χ1v) is 5.58. The Bertz CT molecular complexity index is 183. The van der Waals surface area contributed by atoms with E-state index in [0.717, 1.165) is 19.5 Å². The highest BCUT2D eigenvalue weighted by Crippen LogP contribution is 2.04. The molecule has 15 heavy (non-hydrogen) atoms. The van der Waals surface area contributed by atoms with Crippen LogP contribution in [0.2, 0.25) is 0 Å². The fourth-order valence-corrected chi connectivity index (χ4v) is 1.38. The highest BCUT2D eigenvalue weighted by Gasteiger charge is 2.13. The smallest absolute Gasteiger partial charge is 0.304 e. The van der Waals surface area contributed by atoms with Crippen molar-refractivity contribution in [2.45, 2.75) is 32.7 Å². The van der Waals surface area contributed by atoms with Crippen LogP contribution in [0.25, 0.3) is 0 Å². The molecule has 0 fully saturated rings. The third kappa shape index (κ3) is 7.33. The summed E-state index contributed by atoms with van der Waals surface area (Å²) in [7, 11) is 4.07. The van der Waals surface area contributed by atoms with Gasteiger partial charge in [0.1, 0.15) is 0 Å². The maximum absolute atomic E-state index is 10.5. The van der Waals surface area contributed by atoms with Gasteiger partial charge in [-0.2, -0.15) is 0 Å². The molecule has 0 aromatic heterocycles. The summed E-state index contributed by atoms with van der Waals surface area (Å²) >= 11 is 0. The van der Waals surface area contributed by atoms with Gasteiger partial charge in [0.05, 0.1) is 6.42 Å². The van der Waals surface area contributed by atoms with Crippen molar-refractivity contribution in [3.63, 3.8) is 0 Å². The third-order valence-electron chi connectivity index (χ3n) is 2.66. The van der Waals surface area contributed by atoms with Gasteiger partial charge in [-0.05, 0) is 27.4 Å². The Kier molecular flexibility index (Phi) is 7.34. The van der Waals surface area contributed by atoms with Crippen LogP contribution in [0.3, 0.4) is 0 Å². The van der Waals surface area contributed by atoms with Crippen LogP contribution in [0.1, 0.15) is 26.7 Å². The van der Waals surface area contributed by atoms with Crippen molar-refractivity contribution in [2.75, 3.05) is 33.7 Å². The van der Waals surface area contributed by atoms with Gasteiger partial charge in [0.15, 0.2) is 0 Å². The average Bonchev–Trinajstić information content (AvgIpc) is 2.16. The van der Waals surface area contributed by atoms with Crippen molar-refractivity contribution >= 4 is 5.97 Å². The molecule has 0 saturated carbocycles. The van der Waals surface area contributed by atoms with E-state index >= 15 is 0 Å². The molecule has 4 heteroatoms. The molecule has 1 N–H and O–H groups in total. The molecule has 0 heterocycles. The molecule has 1 unspecified atom stereocenters. The Labute approximate surface area is 92.9 Å². The second kappa shape index (κ2) is 7.65. The molecular weight excluding hydrogens is 192 g/mol. The molecule has 0 spiro atoms. The molecular formula is C11H24N2O2. The maximum Gasteiger partial charge on any atom is 0.304 e. The fourth-order valence-electron chi connectivity index (χ4n) is 1.38. The van der Waals surface area contributed by atoms with Crippen LogP contribution in [-0.2, 0) is 4.79 Å². The number of carbonyl (C=O) groups is 1. The fraction of sp³-hybridized carbons (Fsp3) is 0.909. The Morgan fingerprint density at radius 3 is 2.27 bits per heavy atom. The van der Waals surface area contributed by atoms with Gasteiger partial charge in [-0.25, -0.2) is 0 Å². The average molecular weight is 216 g/mol. The van der Waals surface area contributed by atoms with E-state index in [2.05, 4.69) is 23.6 Å². The minimum atomic E-state index is -0.715. The molecule has 0 aliphatic carbocycles. The first-order chi connectivity index (χ1) is 6.97.